The maximum Gasteiger partial charge on any atom is 0.488 e. The van der Waals surface area contributed by atoms with Crippen LogP contribution >= 0.6 is 0 Å². The second-order valence-corrected chi connectivity index (χ2v) is 27.1. The largest absolute Gasteiger partial charge is 0.508 e. The molecule has 0 spiro atoms. The van der Waals surface area contributed by atoms with E-state index in [1.807, 2.05) is 0 Å². The fraction of sp³-hybridized carbons (Fsp3) is 0.671. The van der Waals surface area contributed by atoms with Crippen molar-refractivity contribution in [3.63, 3.8) is 0 Å². The van der Waals surface area contributed by atoms with Crippen molar-refractivity contribution in [3.8, 4) is 5.75 Å². The summed E-state index contributed by atoms with van der Waals surface area (Å²) in [4.78, 5) is 155. The lowest BCUT2D eigenvalue weighted by Crippen LogP contribution is -2.60. The standard InChI is InChI=1S/C70H122BN17O15/c1-44(2)41-57(68(98)85-56(25-11-18-40-79-60(90)47-28-30-48(31-29-47)71(102)103)67(97)87-58(42-45(3)4)69(99)88-59(70(100)101)43-46-26-32-49(89)33-27-46)86-66(96)55(24-10-17-39-77)84-65(95)54(23-9-16-38-76)83-64(94)53(22-8-15-37-75)82-63(93)52(21-7-14-36-74)81-62(92)51(20-6-13-35-73)80-61(91)50(78)19-5-12-34-72/h26-33,44-45,50-59,89,102-103H,5-25,34-43,72-78H2,1-4H3,(H,79,90)(H,80,91)(H,81,92)(H,82,93)(H,83,94)(H,84,95)(H,85,98)(H,86,96)(H,87,97)(H,88,99)(H,100,101)/t50-,51-,52-,53-,54-,55-,56-,57-,58-,59-/m0/s1. The summed E-state index contributed by atoms with van der Waals surface area (Å²) in [5.74, 6) is -9.13. The van der Waals surface area contributed by atoms with Crippen LogP contribution in [-0.4, -0.2) is 199 Å². The summed E-state index contributed by atoms with van der Waals surface area (Å²) in [6.07, 6.45) is 6.46. The average molecular weight is 1450 g/mol. The number of hydrogen-bond donors (Lipinski definition) is 21. The fourth-order valence-electron chi connectivity index (χ4n) is 11.2. The van der Waals surface area contributed by atoms with E-state index in [1.54, 1.807) is 27.7 Å². The molecule has 0 aromatic heterocycles. The Morgan fingerprint density at radius 2 is 0.650 bits per heavy atom. The van der Waals surface area contributed by atoms with Gasteiger partial charge in [-0.3, -0.25) is 47.9 Å². The van der Waals surface area contributed by atoms with E-state index in [-0.39, 0.29) is 132 Å². The minimum absolute atomic E-state index is 0.0120. The molecule has 0 saturated carbocycles. The number of benzene rings is 2. The van der Waals surface area contributed by atoms with Crippen LogP contribution in [0.15, 0.2) is 48.5 Å². The molecule has 103 heavy (non-hydrogen) atoms. The summed E-state index contributed by atoms with van der Waals surface area (Å²) >= 11 is 0. The van der Waals surface area contributed by atoms with Gasteiger partial charge in [0.15, 0.2) is 0 Å². The van der Waals surface area contributed by atoms with Crippen molar-refractivity contribution < 1.29 is 73.0 Å². The molecule has 0 aliphatic carbocycles. The number of nitrogens with two attached hydrogens (primary N) is 7. The Labute approximate surface area is 606 Å². The molecule has 10 atom stereocenters. The summed E-state index contributed by atoms with van der Waals surface area (Å²) in [7, 11) is -1.74. The van der Waals surface area contributed by atoms with Gasteiger partial charge in [-0.05, 0) is 228 Å². The average Bonchev–Trinajstić information content (AvgIpc) is 0.866. The Kier molecular flexibility index (Phi) is 46.2. The van der Waals surface area contributed by atoms with Crippen molar-refractivity contribution in [2.75, 3.05) is 45.8 Å². The van der Waals surface area contributed by atoms with E-state index < -0.39 is 133 Å². The number of aromatic hydroxyl groups is 1. The zero-order valence-corrected chi connectivity index (χ0v) is 60.9. The number of phenolic OH excluding ortho intramolecular Hbond substituents is 1. The molecule has 2 aromatic rings. The number of rotatable bonds is 56. The van der Waals surface area contributed by atoms with Gasteiger partial charge in [-0.1, -0.05) is 58.4 Å². The third-order valence-electron chi connectivity index (χ3n) is 17.2. The number of aliphatic carboxylic acids is 1. The molecule has 2 rings (SSSR count). The molecule has 0 radical (unpaired) electrons. The van der Waals surface area contributed by atoms with Crippen LogP contribution in [0.25, 0.3) is 0 Å². The molecule has 10 amide bonds. The van der Waals surface area contributed by atoms with Gasteiger partial charge >= 0.3 is 13.1 Å². The molecule has 28 N–H and O–H groups in total. The molecule has 0 fully saturated rings. The SMILES string of the molecule is CC(C)C[C@H](NC(=O)[C@H](CCCCNC(=O)c1ccc(B(O)O)cc1)NC(=O)[C@H](CC(C)C)NC(=O)[C@H](CCCCN)NC(=O)[C@H](CCCCN)NC(=O)[C@H](CCCCN)NC(=O)[C@H](CCCCN)NC(=O)[C@H](CCCCN)NC(=O)[C@@H](N)CCCCN)C(=O)N[C@@H](Cc1ccc(O)cc1)C(=O)O. The molecule has 33 heteroatoms. The molecule has 32 nitrogen and oxygen atoms in total. The molecule has 0 bridgehead atoms. The molecule has 580 valence electrons. The molecule has 0 aliphatic heterocycles. The van der Waals surface area contributed by atoms with Crippen LogP contribution in [0.3, 0.4) is 0 Å². The lowest BCUT2D eigenvalue weighted by atomic mass is 9.80. The van der Waals surface area contributed by atoms with E-state index in [4.69, 9.17) is 40.1 Å². The van der Waals surface area contributed by atoms with Crippen LogP contribution < -0.4 is 98.8 Å². The van der Waals surface area contributed by atoms with E-state index in [2.05, 4.69) is 53.2 Å². The maximum atomic E-state index is 14.8. The third kappa shape index (κ3) is 37.4. The van der Waals surface area contributed by atoms with Crippen LogP contribution in [-0.2, 0) is 54.4 Å². The second kappa shape index (κ2) is 52.1. The van der Waals surface area contributed by atoms with Crippen LogP contribution in [0.2, 0.25) is 0 Å². The van der Waals surface area contributed by atoms with Crippen molar-refractivity contribution in [1.29, 1.82) is 0 Å². The maximum absolute atomic E-state index is 14.8. The number of carboxylic acids is 1. The van der Waals surface area contributed by atoms with E-state index in [9.17, 15) is 73.0 Å². The number of amides is 10. The van der Waals surface area contributed by atoms with Crippen LogP contribution in [0.5, 0.6) is 5.75 Å². The van der Waals surface area contributed by atoms with Crippen molar-refractivity contribution in [3.05, 3.63) is 59.7 Å². The monoisotopic (exact) mass is 1450 g/mol. The summed E-state index contributed by atoms with van der Waals surface area (Å²) in [5.41, 5.74) is 42.0. The molecule has 0 aliphatic rings. The molecule has 0 heterocycles. The minimum Gasteiger partial charge on any atom is -0.508 e. The number of unbranched alkanes of at least 4 members (excludes halogenated alkanes) is 7. The van der Waals surface area contributed by atoms with E-state index in [0.717, 1.165) is 0 Å². The third-order valence-corrected chi connectivity index (χ3v) is 17.2. The number of carboxylic acid groups (broad SMARTS) is 1. The highest BCUT2D eigenvalue weighted by atomic mass is 16.4. The molecule has 2 aromatic carbocycles. The van der Waals surface area contributed by atoms with E-state index >= 15 is 0 Å². The van der Waals surface area contributed by atoms with Gasteiger partial charge in [-0.25, -0.2) is 4.79 Å². The predicted octanol–water partition coefficient (Wildman–Crippen LogP) is -2.14. The van der Waals surface area contributed by atoms with Gasteiger partial charge in [-0.2, -0.15) is 0 Å². The Morgan fingerprint density at radius 1 is 0.369 bits per heavy atom. The van der Waals surface area contributed by atoms with Crippen LogP contribution in [0, 0.1) is 11.8 Å². The smallest absolute Gasteiger partial charge is 0.488 e. The van der Waals surface area contributed by atoms with Gasteiger partial charge in [0.1, 0.15) is 60.1 Å². The van der Waals surface area contributed by atoms with Crippen molar-refractivity contribution in [1.82, 2.24) is 53.2 Å². The van der Waals surface area contributed by atoms with E-state index in [0.29, 0.717) is 102 Å². The number of nitrogens with one attached hydrogen (secondary N) is 10. The first kappa shape index (κ1) is 91.2. The Bertz CT molecular complexity index is 2880. The lowest BCUT2D eigenvalue weighted by molar-refractivity contribution is -0.142. The zero-order valence-electron chi connectivity index (χ0n) is 60.9. The zero-order chi connectivity index (χ0) is 76.8. The highest BCUT2D eigenvalue weighted by Crippen LogP contribution is 2.17. The van der Waals surface area contributed by atoms with Crippen LogP contribution in [0.1, 0.15) is 191 Å². The normalized spacial score (nSPS) is 14.2. The molecular formula is C70H122BN17O15. The summed E-state index contributed by atoms with van der Waals surface area (Å²) in [6.45, 7) is 9.02. The van der Waals surface area contributed by atoms with Crippen molar-refractivity contribution in [2.45, 2.75) is 242 Å². The summed E-state index contributed by atoms with van der Waals surface area (Å²) in [6, 6.07) is -1.30. The van der Waals surface area contributed by atoms with Gasteiger partial charge in [0, 0.05) is 18.5 Å². The fourth-order valence-corrected chi connectivity index (χ4v) is 11.2. The Morgan fingerprint density at radius 3 is 0.951 bits per heavy atom. The second-order valence-electron chi connectivity index (χ2n) is 27.1. The van der Waals surface area contributed by atoms with Crippen molar-refractivity contribution in [2.24, 2.45) is 52.0 Å². The molecular weight excluding hydrogens is 1330 g/mol. The predicted molar refractivity (Wildman–Crippen MR) is 394 cm³/mol. The summed E-state index contributed by atoms with van der Waals surface area (Å²) < 4.78 is 0. The van der Waals surface area contributed by atoms with Gasteiger partial charge in [0.05, 0.1) is 6.04 Å². The van der Waals surface area contributed by atoms with Gasteiger partial charge < -0.3 is 114 Å². The first-order chi connectivity index (χ1) is 49.1. The van der Waals surface area contributed by atoms with Gasteiger partial charge in [0.2, 0.25) is 53.2 Å². The molecule has 0 saturated heterocycles. The van der Waals surface area contributed by atoms with Gasteiger partial charge in [0.25, 0.3) is 5.91 Å². The minimum atomic E-state index is -1.74. The number of phenols is 1. The first-order valence-corrected chi connectivity index (χ1v) is 36.6. The van der Waals surface area contributed by atoms with Crippen molar-refractivity contribution >= 4 is 77.6 Å². The van der Waals surface area contributed by atoms with Crippen LogP contribution in [0.4, 0.5) is 0 Å². The summed E-state index contributed by atoms with van der Waals surface area (Å²) in [5, 5.41) is 66.5. The first-order valence-electron chi connectivity index (χ1n) is 36.6. The number of carbonyl (C=O) groups is 11. The number of carbonyl (C=O) groups excluding carboxylic acids is 10. The number of hydrogen-bond acceptors (Lipinski definition) is 21. The molecule has 0 unspecified atom stereocenters. The van der Waals surface area contributed by atoms with E-state index in [1.165, 1.54) is 48.5 Å². The highest BCUT2D eigenvalue weighted by molar-refractivity contribution is 6.58. The topological polar surface area (TPSA) is 571 Å². The lowest BCUT2D eigenvalue weighted by Gasteiger charge is -2.29. The Hall–Kier alpha value is -7.89. The quantitative estimate of drug-likeness (QED) is 0.0248. The van der Waals surface area contributed by atoms with Gasteiger partial charge in [-0.15, -0.1) is 0 Å². The Balaban J connectivity index is 2.58. The highest BCUT2D eigenvalue weighted by Gasteiger charge is 2.36.